The van der Waals surface area contributed by atoms with Crippen LogP contribution in [0.4, 0.5) is 0 Å². The number of hydrogen-bond donors (Lipinski definition) is 1. The third-order valence-electron chi connectivity index (χ3n) is 4.18. The van der Waals surface area contributed by atoms with E-state index in [1.165, 1.54) is 36.5 Å². The highest BCUT2D eigenvalue weighted by molar-refractivity contribution is 9.10. The zero-order chi connectivity index (χ0) is 22.6. The Morgan fingerprint density at radius 2 is 1.39 bits per heavy atom. The molecule has 3 aromatic rings. The first kappa shape index (κ1) is 23.0. The average Bonchev–Trinajstić information content (AvgIpc) is 2.70. The van der Waals surface area contributed by atoms with E-state index in [4.69, 9.17) is 4.18 Å². The Morgan fingerprint density at radius 1 is 0.839 bits per heavy atom. The van der Waals surface area contributed by atoms with Crippen LogP contribution < -0.4 is 9.01 Å². The van der Waals surface area contributed by atoms with Gasteiger partial charge in [-0.25, -0.2) is 4.83 Å². The third kappa shape index (κ3) is 5.93. The number of benzene rings is 3. The lowest BCUT2D eigenvalue weighted by molar-refractivity contribution is 0.484. The van der Waals surface area contributed by atoms with Crippen molar-refractivity contribution in [1.82, 2.24) is 4.83 Å². The van der Waals surface area contributed by atoms with Crippen LogP contribution >= 0.6 is 15.9 Å². The third-order valence-corrected chi connectivity index (χ3v) is 7.29. The van der Waals surface area contributed by atoms with Crippen molar-refractivity contribution >= 4 is 42.3 Å². The standard InChI is InChI=1S/C21H19BrN2O5S2/c1-15-3-8-18(9-4-15)30(25,26)24-23-14-17-7-12-21(20(22)13-17)29-31(27,28)19-10-5-16(2)6-11-19/h3-14,24H,1-2H3/b23-14-. The Bertz CT molecular complexity index is 1320. The largest absolute Gasteiger partial charge is 0.378 e. The first-order chi connectivity index (χ1) is 14.6. The minimum Gasteiger partial charge on any atom is -0.378 e. The number of nitrogens with zero attached hydrogens (tertiary/aromatic N) is 1. The monoisotopic (exact) mass is 522 g/mol. The zero-order valence-corrected chi connectivity index (χ0v) is 19.8. The van der Waals surface area contributed by atoms with E-state index in [1.807, 2.05) is 13.8 Å². The van der Waals surface area contributed by atoms with Crippen molar-refractivity contribution in [2.75, 3.05) is 0 Å². The van der Waals surface area contributed by atoms with Crippen LogP contribution in [0.1, 0.15) is 16.7 Å². The second-order valence-electron chi connectivity index (χ2n) is 6.71. The number of rotatable bonds is 7. The molecule has 3 aromatic carbocycles. The lowest BCUT2D eigenvalue weighted by Crippen LogP contribution is -2.18. The van der Waals surface area contributed by atoms with E-state index in [1.54, 1.807) is 36.4 Å². The molecule has 0 bridgehead atoms. The van der Waals surface area contributed by atoms with Gasteiger partial charge in [0.1, 0.15) is 4.90 Å². The van der Waals surface area contributed by atoms with E-state index in [2.05, 4.69) is 25.9 Å². The van der Waals surface area contributed by atoms with Crippen LogP contribution in [0.3, 0.4) is 0 Å². The maximum absolute atomic E-state index is 12.4. The summed E-state index contributed by atoms with van der Waals surface area (Å²) in [6.45, 7) is 3.72. The molecule has 0 spiro atoms. The van der Waals surface area contributed by atoms with Crippen LogP contribution in [-0.2, 0) is 20.1 Å². The summed E-state index contributed by atoms with van der Waals surface area (Å²) in [5, 5.41) is 3.77. The molecule has 31 heavy (non-hydrogen) atoms. The van der Waals surface area contributed by atoms with Gasteiger partial charge >= 0.3 is 10.1 Å². The van der Waals surface area contributed by atoms with Crippen LogP contribution in [0, 0.1) is 13.8 Å². The molecule has 0 saturated carbocycles. The molecular weight excluding hydrogens is 504 g/mol. The molecule has 0 atom stereocenters. The van der Waals surface area contributed by atoms with Gasteiger partial charge in [0.15, 0.2) is 5.75 Å². The predicted molar refractivity (Wildman–Crippen MR) is 122 cm³/mol. The van der Waals surface area contributed by atoms with Gasteiger partial charge in [-0.1, -0.05) is 35.4 Å². The fourth-order valence-corrected chi connectivity index (χ4v) is 4.80. The highest BCUT2D eigenvalue weighted by Crippen LogP contribution is 2.28. The predicted octanol–water partition coefficient (Wildman–Crippen LogP) is 4.15. The average molecular weight is 523 g/mol. The van der Waals surface area contributed by atoms with E-state index in [9.17, 15) is 16.8 Å². The number of hydrogen-bond acceptors (Lipinski definition) is 6. The van der Waals surface area contributed by atoms with Gasteiger partial charge in [-0.15, -0.1) is 0 Å². The number of hydrazone groups is 1. The zero-order valence-electron chi connectivity index (χ0n) is 16.6. The van der Waals surface area contributed by atoms with E-state index in [0.29, 0.717) is 10.0 Å². The Morgan fingerprint density at radius 3 is 1.94 bits per heavy atom. The Balaban J connectivity index is 1.72. The summed E-state index contributed by atoms with van der Waals surface area (Å²) in [7, 11) is -7.78. The van der Waals surface area contributed by atoms with Crippen molar-refractivity contribution in [3.63, 3.8) is 0 Å². The summed E-state index contributed by atoms with van der Waals surface area (Å²) in [4.78, 5) is 2.28. The van der Waals surface area contributed by atoms with Gasteiger partial charge in [0.2, 0.25) is 0 Å². The SMILES string of the molecule is Cc1ccc(S(=O)(=O)N/N=C\c2ccc(OS(=O)(=O)c3ccc(C)cc3)c(Br)c2)cc1. The second kappa shape index (κ2) is 9.21. The molecule has 162 valence electrons. The molecule has 0 aromatic heterocycles. The molecule has 0 fully saturated rings. The minimum absolute atomic E-state index is 0.0427. The fraction of sp³-hybridized carbons (Fsp3) is 0.0952. The smallest absolute Gasteiger partial charge is 0.339 e. The van der Waals surface area contributed by atoms with Crippen LogP contribution in [0.2, 0.25) is 0 Å². The Kier molecular flexibility index (Phi) is 6.83. The van der Waals surface area contributed by atoms with Gasteiger partial charge in [0.05, 0.1) is 15.6 Å². The highest BCUT2D eigenvalue weighted by atomic mass is 79.9. The molecule has 0 saturated heterocycles. The maximum Gasteiger partial charge on any atom is 0.339 e. The molecular formula is C21H19BrN2O5S2. The summed E-state index contributed by atoms with van der Waals surface area (Å²) >= 11 is 3.27. The summed E-state index contributed by atoms with van der Waals surface area (Å²) in [5.74, 6) is 0.0953. The molecule has 0 radical (unpaired) electrons. The van der Waals surface area contributed by atoms with E-state index >= 15 is 0 Å². The first-order valence-corrected chi connectivity index (χ1v) is 12.7. The molecule has 7 nitrogen and oxygen atoms in total. The van der Waals surface area contributed by atoms with Gasteiger partial charge in [0, 0.05) is 0 Å². The van der Waals surface area contributed by atoms with Gasteiger partial charge in [0.25, 0.3) is 10.0 Å². The number of nitrogens with one attached hydrogen (secondary N) is 1. The van der Waals surface area contributed by atoms with Gasteiger partial charge < -0.3 is 4.18 Å². The number of aryl methyl sites for hydroxylation is 2. The maximum atomic E-state index is 12.4. The summed E-state index contributed by atoms with van der Waals surface area (Å²) < 4.78 is 55.0. The van der Waals surface area contributed by atoms with Gasteiger partial charge in [-0.05, 0) is 77.8 Å². The van der Waals surface area contributed by atoms with Crippen molar-refractivity contribution < 1.29 is 21.0 Å². The molecule has 0 aliphatic heterocycles. The number of sulfonamides is 1. The molecule has 0 heterocycles. The lowest BCUT2D eigenvalue weighted by Gasteiger charge is -2.09. The quantitative estimate of drug-likeness (QED) is 0.285. The normalized spacial score (nSPS) is 12.1. The molecule has 1 N–H and O–H groups in total. The van der Waals surface area contributed by atoms with E-state index in [-0.39, 0.29) is 15.5 Å². The summed E-state index contributed by atoms with van der Waals surface area (Å²) in [6, 6.07) is 17.2. The number of halogens is 1. The van der Waals surface area contributed by atoms with Crippen molar-refractivity contribution in [2.24, 2.45) is 5.10 Å². The van der Waals surface area contributed by atoms with Crippen molar-refractivity contribution in [1.29, 1.82) is 0 Å². The van der Waals surface area contributed by atoms with Crippen LogP contribution in [-0.4, -0.2) is 23.1 Å². The van der Waals surface area contributed by atoms with Gasteiger partial charge in [-0.3, -0.25) is 0 Å². The van der Waals surface area contributed by atoms with Crippen molar-refractivity contribution in [3.8, 4) is 5.75 Å². The van der Waals surface area contributed by atoms with E-state index < -0.39 is 20.1 Å². The minimum atomic E-state index is -3.99. The molecule has 0 aliphatic rings. The van der Waals surface area contributed by atoms with Crippen LogP contribution in [0.25, 0.3) is 0 Å². The van der Waals surface area contributed by atoms with Crippen LogP contribution in [0.5, 0.6) is 5.75 Å². The summed E-state index contributed by atoms with van der Waals surface area (Å²) in [5.41, 5.74) is 2.40. The molecule has 0 amide bonds. The van der Waals surface area contributed by atoms with Crippen molar-refractivity contribution in [3.05, 3.63) is 87.9 Å². The fourth-order valence-electron chi connectivity index (χ4n) is 2.48. The second-order valence-corrected chi connectivity index (χ2v) is 10.8. The van der Waals surface area contributed by atoms with Gasteiger partial charge in [-0.2, -0.15) is 21.9 Å². The molecule has 0 aliphatic carbocycles. The Labute approximate surface area is 190 Å². The first-order valence-electron chi connectivity index (χ1n) is 8.99. The lowest BCUT2D eigenvalue weighted by atomic mass is 10.2. The highest BCUT2D eigenvalue weighted by Gasteiger charge is 2.18. The summed E-state index contributed by atoms with van der Waals surface area (Å²) in [6.07, 6.45) is 1.30. The molecule has 10 heteroatoms. The van der Waals surface area contributed by atoms with Crippen molar-refractivity contribution in [2.45, 2.75) is 23.6 Å². The van der Waals surface area contributed by atoms with Crippen LogP contribution in [0.15, 0.2) is 86.1 Å². The Hall–Kier alpha value is -2.69. The molecule has 0 unspecified atom stereocenters. The van der Waals surface area contributed by atoms with E-state index in [0.717, 1.165) is 11.1 Å². The molecule has 3 rings (SSSR count). The topological polar surface area (TPSA) is 102 Å².